The van der Waals surface area contributed by atoms with Crippen LogP contribution in [0.1, 0.15) is 33.4 Å². The molecule has 3 saturated heterocycles. The molecule has 0 unspecified atom stereocenters. The second-order valence-electron chi connectivity index (χ2n) is 16.7. The molecule has 0 saturated carbocycles. The van der Waals surface area contributed by atoms with E-state index in [-0.39, 0.29) is 46.2 Å². The van der Waals surface area contributed by atoms with Crippen molar-refractivity contribution in [2.24, 2.45) is 0 Å². The first-order valence-electron chi connectivity index (χ1n) is 22.7. The summed E-state index contributed by atoms with van der Waals surface area (Å²) in [6.45, 7) is 1.79. The lowest BCUT2D eigenvalue weighted by Crippen LogP contribution is -2.75. The Hall–Kier alpha value is -5.12. The summed E-state index contributed by atoms with van der Waals surface area (Å²) in [6.07, 6.45) is -6.97. The molecule has 6 aromatic carbocycles. The predicted octanol–water partition coefficient (Wildman–Crippen LogP) is 8.97. The summed E-state index contributed by atoms with van der Waals surface area (Å²) in [4.78, 5) is 0. The van der Waals surface area contributed by atoms with Gasteiger partial charge < -0.3 is 52.1 Å². The Kier molecular flexibility index (Phi) is 16.1. The standard InChI is InChI=1S/C55H58O11/c1-56-54-52(61-36-44-28-16-6-17-29-44)50(59-34-42-24-12-4-13-25-42)49-46(64-54)39-63-55(66-49)53(62-37-45-30-18-7-19-31-45)51(60-35-43-26-14-5-15-27-43)48(58-33-41-22-10-3-11-23-41)47(65-55)38-57-32-40-20-8-2-9-21-40/h2-31,46-54H,32-39H2,1H3/t46-,47-,48-,49+,50-,51+,52-,53-,54+,55+/m1/s1. The average Bonchev–Trinajstić information content (AvgIpc) is 3.38. The molecule has 344 valence electrons. The lowest BCUT2D eigenvalue weighted by Gasteiger charge is -2.57. The fourth-order valence-electron chi connectivity index (χ4n) is 8.68. The van der Waals surface area contributed by atoms with Gasteiger partial charge in [0.25, 0.3) is 0 Å². The van der Waals surface area contributed by atoms with E-state index in [9.17, 15) is 0 Å². The van der Waals surface area contributed by atoms with Gasteiger partial charge in [0, 0.05) is 7.11 Å². The van der Waals surface area contributed by atoms with Crippen molar-refractivity contribution >= 4 is 0 Å². The molecule has 11 heteroatoms. The maximum absolute atomic E-state index is 7.34. The van der Waals surface area contributed by atoms with E-state index in [2.05, 4.69) is 0 Å². The predicted molar refractivity (Wildman–Crippen MR) is 245 cm³/mol. The zero-order valence-corrected chi connectivity index (χ0v) is 37.2. The highest BCUT2D eigenvalue weighted by atomic mass is 16.9. The Bertz CT molecular complexity index is 2290. The summed E-state index contributed by atoms with van der Waals surface area (Å²) in [5, 5.41) is 0. The van der Waals surface area contributed by atoms with Crippen LogP contribution in [-0.2, 0) is 91.7 Å². The zero-order chi connectivity index (χ0) is 44.8. The summed E-state index contributed by atoms with van der Waals surface area (Å²) >= 11 is 0. The van der Waals surface area contributed by atoms with Crippen LogP contribution in [0, 0.1) is 0 Å². The minimum Gasteiger partial charge on any atom is -0.374 e. The highest BCUT2D eigenvalue weighted by Crippen LogP contribution is 2.45. The summed E-state index contributed by atoms with van der Waals surface area (Å²) in [5.74, 6) is -1.87. The van der Waals surface area contributed by atoms with Gasteiger partial charge in [-0.3, -0.25) is 0 Å². The van der Waals surface area contributed by atoms with Gasteiger partial charge in [0.1, 0.15) is 42.7 Å². The number of hydrogen-bond donors (Lipinski definition) is 0. The van der Waals surface area contributed by atoms with Crippen LogP contribution in [0.25, 0.3) is 0 Å². The van der Waals surface area contributed by atoms with Crippen LogP contribution in [0.2, 0.25) is 0 Å². The highest BCUT2D eigenvalue weighted by Gasteiger charge is 2.65. The van der Waals surface area contributed by atoms with Gasteiger partial charge in [-0.05, 0) is 33.4 Å². The molecule has 6 aromatic rings. The lowest BCUT2D eigenvalue weighted by atomic mass is 9.93. The maximum Gasteiger partial charge on any atom is 0.314 e. The molecule has 0 radical (unpaired) electrons. The molecule has 10 atom stereocenters. The Morgan fingerprint density at radius 2 is 0.833 bits per heavy atom. The number of hydrogen-bond acceptors (Lipinski definition) is 11. The molecule has 3 heterocycles. The minimum absolute atomic E-state index is 0.0465. The molecular formula is C55H58O11. The molecule has 3 fully saturated rings. The first-order chi connectivity index (χ1) is 32.6. The van der Waals surface area contributed by atoms with Crippen molar-refractivity contribution in [2.45, 2.75) is 101 Å². The number of methoxy groups -OCH3 is 1. The lowest BCUT2D eigenvalue weighted by molar-refractivity contribution is -0.517. The van der Waals surface area contributed by atoms with Gasteiger partial charge in [-0.1, -0.05) is 182 Å². The summed E-state index contributed by atoms with van der Waals surface area (Å²) in [6, 6.07) is 60.1. The van der Waals surface area contributed by atoms with Crippen LogP contribution < -0.4 is 0 Å². The van der Waals surface area contributed by atoms with E-state index in [1.807, 2.05) is 182 Å². The van der Waals surface area contributed by atoms with Crippen molar-refractivity contribution < 1.29 is 52.1 Å². The van der Waals surface area contributed by atoms with Crippen molar-refractivity contribution in [1.29, 1.82) is 0 Å². The van der Waals surface area contributed by atoms with E-state index < -0.39 is 61.1 Å². The average molecular weight is 895 g/mol. The monoisotopic (exact) mass is 894 g/mol. The number of ether oxygens (including phenoxy) is 11. The SMILES string of the molecule is CO[C@H]1O[C@@H]2CO[C@]3(O[C@@H]2[C@@H](OCc2ccccc2)[C@H]1OCc1ccccc1)O[C@H](COCc1ccccc1)[C@@H](OCc1ccccc1)[C@H](OCc1ccccc1)[C@H]3OCc1ccccc1. The molecular weight excluding hydrogens is 837 g/mol. The van der Waals surface area contributed by atoms with Crippen molar-refractivity contribution in [3.05, 3.63) is 215 Å². The normalized spacial score (nSPS) is 27.3. The molecule has 3 aliphatic heterocycles. The second-order valence-corrected chi connectivity index (χ2v) is 16.7. The van der Waals surface area contributed by atoms with E-state index in [4.69, 9.17) is 52.1 Å². The molecule has 0 N–H and O–H groups in total. The topological polar surface area (TPSA) is 102 Å². The molecule has 0 aliphatic carbocycles. The molecule has 1 spiro atoms. The van der Waals surface area contributed by atoms with Gasteiger partial charge in [0.2, 0.25) is 0 Å². The fraction of sp³-hybridized carbons (Fsp3) is 0.345. The number of benzene rings is 6. The first-order valence-corrected chi connectivity index (χ1v) is 22.7. The van der Waals surface area contributed by atoms with Gasteiger partial charge in [-0.2, -0.15) is 0 Å². The highest BCUT2D eigenvalue weighted by molar-refractivity contribution is 5.18. The quantitative estimate of drug-likeness (QED) is 0.0735. The summed E-state index contributed by atoms with van der Waals surface area (Å²) in [5.41, 5.74) is 5.91. The summed E-state index contributed by atoms with van der Waals surface area (Å²) in [7, 11) is 1.60. The van der Waals surface area contributed by atoms with Crippen molar-refractivity contribution in [2.75, 3.05) is 20.3 Å². The van der Waals surface area contributed by atoms with E-state index in [1.54, 1.807) is 7.11 Å². The smallest absolute Gasteiger partial charge is 0.314 e. The molecule has 3 aliphatic rings. The molecule has 11 nitrogen and oxygen atoms in total. The van der Waals surface area contributed by atoms with E-state index >= 15 is 0 Å². The third-order valence-electron chi connectivity index (χ3n) is 12.0. The van der Waals surface area contributed by atoms with E-state index in [1.165, 1.54) is 0 Å². The van der Waals surface area contributed by atoms with Gasteiger partial charge >= 0.3 is 5.97 Å². The van der Waals surface area contributed by atoms with Crippen LogP contribution in [0.4, 0.5) is 0 Å². The van der Waals surface area contributed by atoms with Gasteiger partial charge in [-0.15, -0.1) is 0 Å². The van der Waals surface area contributed by atoms with Crippen LogP contribution in [0.15, 0.2) is 182 Å². The third kappa shape index (κ3) is 11.7. The third-order valence-corrected chi connectivity index (χ3v) is 12.0. The van der Waals surface area contributed by atoms with Crippen molar-refractivity contribution in [3.8, 4) is 0 Å². The van der Waals surface area contributed by atoms with Gasteiger partial charge in [-0.25, -0.2) is 0 Å². The van der Waals surface area contributed by atoms with E-state index in [0.29, 0.717) is 6.61 Å². The fourth-order valence-corrected chi connectivity index (χ4v) is 8.68. The van der Waals surface area contributed by atoms with Gasteiger partial charge in [0.15, 0.2) is 12.4 Å². The number of fused-ring (bicyclic) bond motifs is 1. The molecule has 0 aromatic heterocycles. The zero-order valence-electron chi connectivity index (χ0n) is 37.2. The van der Waals surface area contributed by atoms with E-state index in [0.717, 1.165) is 33.4 Å². The Balaban J connectivity index is 1.10. The first kappa shape index (κ1) is 46.0. The van der Waals surface area contributed by atoms with Crippen molar-refractivity contribution in [1.82, 2.24) is 0 Å². The Labute approximate surface area is 387 Å². The molecule has 0 amide bonds. The number of rotatable bonds is 20. The summed E-state index contributed by atoms with van der Waals surface area (Å²) < 4.78 is 75.2. The Morgan fingerprint density at radius 3 is 1.29 bits per heavy atom. The van der Waals surface area contributed by atoms with Crippen LogP contribution in [-0.4, -0.2) is 81.4 Å². The maximum atomic E-state index is 7.34. The largest absolute Gasteiger partial charge is 0.374 e. The Morgan fingerprint density at radius 1 is 0.439 bits per heavy atom. The molecule has 9 rings (SSSR count). The molecule has 0 bridgehead atoms. The van der Waals surface area contributed by atoms with Crippen LogP contribution in [0.5, 0.6) is 0 Å². The van der Waals surface area contributed by atoms with Gasteiger partial charge in [0.05, 0.1) is 52.9 Å². The minimum atomic E-state index is -1.87. The second kappa shape index (κ2) is 23.1. The molecule has 66 heavy (non-hydrogen) atoms. The van der Waals surface area contributed by atoms with Crippen LogP contribution >= 0.6 is 0 Å². The van der Waals surface area contributed by atoms with Crippen molar-refractivity contribution in [3.63, 3.8) is 0 Å². The van der Waals surface area contributed by atoms with Crippen LogP contribution in [0.3, 0.4) is 0 Å².